The van der Waals surface area contributed by atoms with E-state index < -0.39 is 0 Å². The summed E-state index contributed by atoms with van der Waals surface area (Å²) in [5.41, 5.74) is 2.68. The number of aromatic nitrogens is 4. The molecule has 2 N–H and O–H groups in total. The molecule has 180 valence electrons. The zero-order chi connectivity index (χ0) is 24.7. The predicted molar refractivity (Wildman–Crippen MR) is 148 cm³/mol. The molecule has 3 rings (SSSR count). The van der Waals surface area contributed by atoms with Gasteiger partial charge in [-0.1, -0.05) is 0 Å². The van der Waals surface area contributed by atoms with E-state index in [1.165, 1.54) is 24.9 Å². The van der Waals surface area contributed by atoms with Crippen LogP contribution in [0.5, 0.6) is 0 Å². The number of rotatable bonds is 10. The Morgan fingerprint density at radius 3 is 2.74 bits per heavy atom. The summed E-state index contributed by atoms with van der Waals surface area (Å²) in [6.45, 7) is 5.84. The number of amidine groups is 1. The van der Waals surface area contributed by atoms with Gasteiger partial charge in [0, 0.05) is 35.5 Å². The maximum Gasteiger partial charge on any atom is 0.198 e. The molecule has 34 heavy (non-hydrogen) atoms. The van der Waals surface area contributed by atoms with Crippen LogP contribution in [-0.4, -0.2) is 51.9 Å². The summed E-state index contributed by atoms with van der Waals surface area (Å²) >= 11 is 3.74. The van der Waals surface area contributed by atoms with Gasteiger partial charge >= 0.3 is 0 Å². The summed E-state index contributed by atoms with van der Waals surface area (Å²) in [6.07, 6.45) is 5.87. The lowest BCUT2D eigenvalue weighted by Crippen LogP contribution is -2.24. The van der Waals surface area contributed by atoms with Crippen molar-refractivity contribution in [3.63, 3.8) is 0 Å². The average Bonchev–Trinajstić information content (AvgIpc) is 3.42. The van der Waals surface area contributed by atoms with Crippen molar-refractivity contribution in [2.45, 2.75) is 11.8 Å². The van der Waals surface area contributed by atoms with Crippen molar-refractivity contribution in [1.82, 2.24) is 24.6 Å². The number of aliphatic imine (C=N–C) groups is 2. The number of thioether (sulfide) groups is 1. The van der Waals surface area contributed by atoms with Crippen molar-refractivity contribution < 1.29 is 9.13 Å². The maximum atomic E-state index is 14.4. The van der Waals surface area contributed by atoms with E-state index in [4.69, 9.17) is 4.74 Å². The van der Waals surface area contributed by atoms with Crippen LogP contribution < -0.4 is 10.6 Å². The first-order valence-corrected chi connectivity index (χ1v) is 15.3. The Bertz CT molecular complexity index is 1230. The highest BCUT2D eigenvalue weighted by Crippen LogP contribution is 2.28. The number of methoxy groups -OCH3 is 1. The van der Waals surface area contributed by atoms with Crippen LogP contribution in [0, 0.1) is 12.7 Å². The first-order valence-electron chi connectivity index (χ1n) is 9.97. The van der Waals surface area contributed by atoms with Gasteiger partial charge in [-0.15, -0.1) is 16.9 Å². The molecule has 3 aromatic rings. The van der Waals surface area contributed by atoms with Gasteiger partial charge in [0.2, 0.25) is 0 Å². The monoisotopic (exact) mass is 614 g/mol. The lowest BCUT2D eigenvalue weighted by molar-refractivity contribution is 0.314. The summed E-state index contributed by atoms with van der Waals surface area (Å²) in [5, 5.41) is 15.0. The number of halogens is 2. The van der Waals surface area contributed by atoms with Crippen molar-refractivity contribution in [2.75, 3.05) is 25.4 Å². The SMILES string of the molecule is C=NC(=Nc1cc(C)n(PI)n1)/C(OC)=C(\NCNc1ccc(SC)cc1F)c1cnn(C)c1. The number of nitrogens with zero attached hydrogens (tertiary/aromatic N) is 6. The van der Waals surface area contributed by atoms with Gasteiger partial charge in [0.15, 0.2) is 17.4 Å². The molecule has 0 aliphatic heterocycles. The van der Waals surface area contributed by atoms with Gasteiger partial charge in [-0.2, -0.15) is 5.10 Å². The third-order valence-electron chi connectivity index (χ3n) is 4.67. The van der Waals surface area contributed by atoms with Gasteiger partial charge in [0.1, 0.15) is 5.82 Å². The Labute approximate surface area is 216 Å². The molecular weight excluding hydrogens is 589 g/mol. The summed E-state index contributed by atoms with van der Waals surface area (Å²) in [6, 6.07) is 6.93. The molecule has 2 aromatic heterocycles. The molecule has 9 nitrogen and oxygen atoms in total. The van der Waals surface area contributed by atoms with Crippen LogP contribution in [0.25, 0.3) is 5.70 Å². The van der Waals surface area contributed by atoms with E-state index in [9.17, 15) is 4.39 Å². The van der Waals surface area contributed by atoms with Crippen molar-refractivity contribution in [2.24, 2.45) is 17.0 Å². The van der Waals surface area contributed by atoms with Gasteiger partial charge in [-0.3, -0.25) is 4.68 Å². The molecule has 0 saturated carbocycles. The number of aryl methyl sites for hydroxylation is 2. The van der Waals surface area contributed by atoms with Crippen LogP contribution in [-0.2, 0) is 11.8 Å². The number of benzene rings is 1. The van der Waals surface area contributed by atoms with Crippen LogP contribution >= 0.6 is 40.2 Å². The lowest BCUT2D eigenvalue weighted by Gasteiger charge is -2.16. The summed E-state index contributed by atoms with van der Waals surface area (Å²) in [5.74, 6) is 0.778. The van der Waals surface area contributed by atoms with Gasteiger partial charge in [0.05, 0.1) is 37.7 Å². The number of anilines is 1. The second-order valence-electron chi connectivity index (χ2n) is 6.92. The smallest absolute Gasteiger partial charge is 0.198 e. The molecule has 0 fully saturated rings. The minimum atomic E-state index is -0.329. The van der Waals surface area contributed by atoms with Gasteiger partial charge in [-0.25, -0.2) is 18.8 Å². The lowest BCUT2D eigenvalue weighted by atomic mass is 10.2. The second-order valence-corrected chi connectivity index (χ2v) is 9.84. The number of hydrogen-bond acceptors (Lipinski definition) is 7. The Morgan fingerprint density at radius 1 is 1.38 bits per heavy atom. The first-order chi connectivity index (χ1) is 16.4. The van der Waals surface area contributed by atoms with Crippen LogP contribution in [0.3, 0.4) is 0 Å². The number of hydrogen-bond donors (Lipinski definition) is 2. The zero-order valence-corrected chi connectivity index (χ0v) is 23.1. The molecule has 0 spiro atoms. The number of nitrogens with one attached hydrogen (secondary N) is 2. The van der Waals surface area contributed by atoms with E-state index in [1.54, 1.807) is 16.9 Å². The molecule has 0 aliphatic carbocycles. The van der Waals surface area contributed by atoms with Crippen LogP contribution in [0.15, 0.2) is 57.3 Å². The zero-order valence-electron chi connectivity index (χ0n) is 19.1. The fraction of sp³-hybridized carbons (Fsp3) is 0.238. The topological polar surface area (TPSA) is 93.7 Å². The minimum Gasteiger partial charge on any atom is -0.491 e. The molecule has 2 heterocycles. The van der Waals surface area contributed by atoms with Gasteiger partial charge < -0.3 is 15.4 Å². The van der Waals surface area contributed by atoms with Gasteiger partial charge in [-0.05, 0) is 60.1 Å². The van der Waals surface area contributed by atoms with E-state index >= 15 is 0 Å². The summed E-state index contributed by atoms with van der Waals surface area (Å²) in [4.78, 5) is 9.50. The first kappa shape index (κ1) is 26.2. The van der Waals surface area contributed by atoms with E-state index in [0.717, 1.165) is 16.2 Å². The van der Waals surface area contributed by atoms with Crippen molar-refractivity contribution in [3.8, 4) is 0 Å². The highest BCUT2D eigenvalue weighted by Gasteiger charge is 2.18. The molecule has 13 heteroatoms. The molecule has 0 aliphatic rings. The van der Waals surface area contributed by atoms with E-state index in [0.29, 0.717) is 29.3 Å². The normalized spacial score (nSPS) is 12.7. The molecule has 0 amide bonds. The molecule has 0 radical (unpaired) electrons. The van der Waals surface area contributed by atoms with Crippen LogP contribution in [0.4, 0.5) is 15.9 Å². The summed E-state index contributed by atoms with van der Waals surface area (Å²) < 4.78 is 23.6. The minimum absolute atomic E-state index is 0.209. The van der Waals surface area contributed by atoms with Crippen LogP contribution in [0.1, 0.15) is 11.3 Å². The Balaban J connectivity index is 1.95. The molecular formula is C21H25FIN8OPS. The quantitative estimate of drug-likeness (QED) is 0.0637. The second kappa shape index (κ2) is 12.3. The largest absolute Gasteiger partial charge is 0.491 e. The predicted octanol–water partition coefficient (Wildman–Crippen LogP) is 4.98. The fourth-order valence-corrected chi connectivity index (χ4v) is 5.26. The standard InChI is InChI=1S/C21H25FIN8OPS/c1-13-8-18(29-31(13)33-23)28-21(24-2)20(32-4)19(14-10-27-30(3)11-14)26-12-25-17-7-6-15(34-5)9-16(17)22/h6-11,25-26,33H,2,12H2,1,3-5H3/b20-19+,28-21?. The molecule has 0 saturated heterocycles. The molecule has 0 bridgehead atoms. The van der Waals surface area contributed by atoms with Gasteiger partial charge in [0.25, 0.3) is 0 Å². The highest BCUT2D eigenvalue weighted by atomic mass is 127. The third-order valence-corrected chi connectivity index (χ3v) is 7.38. The Hall–Kier alpha value is -2.44. The Morgan fingerprint density at radius 2 is 2.18 bits per heavy atom. The van der Waals surface area contributed by atoms with Crippen LogP contribution in [0.2, 0.25) is 0 Å². The van der Waals surface area contributed by atoms with E-state index in [2.05, 4.69) is 59.6 Å². The fourth-order valence-electron chi connectivity index (χ4n) is 3.03. The van der Waals surface area contributed by atoms with E-state index in [1.807, 2.05) is 43.0 Å². The molecule has 1 aromatic carbocycles. The third kappa shape index (κ3) is 6.36. The molecule has 1 atom stereocenters. The maximum absolute atomic E-state index is 14.4. The van der Waals surface area contributed by atoms with Crippen molar-refractivity contribution in [3.05, 3.63) is 59.5 Å². The van der Waals surface area contributed by atoms with Crippen molar-refractivity contribution >= 4 is 69.9 Å². The van der Waals surface area contributed by atoms with E-state index in [-0.39, 0.29) is 18.3 Å². The Kier molecular flexibility index (Phi) is 9.48. The number of ether oxygens (including phenoxy) is 1. The summed E-state index contributed by atoms with van der Waals surface area (Å²) in [7, 11) is 3.34. The van der Waals surface area contributed by atoms with Crippen molar-refractivity contribution in [1.29, 1.82) is 0 Å². The average molecular weight is 614 g/mol. The highest BCUT2D eigenvalue weighted by molar-refractivity contribution is 14.2. The molecule has 1 unspecified atom stereocenters.